The molecule has 0 saturated heterocycles. The fraction of sp³-hybridized carbons (Fsp3) is 0.361. The van der Waals surface area contributed by atoms with Crippen LogP contribution in [0.4, 0.5) is 0 Å². The van der Waals surface area contributed by atoms with Crippen LogP contribution < -0.4 is 4.74 Å². The topological polar surface area (TPSA) is 55.8 Å². The van der Waals surface area contributed by atoms with Gasteiger partial charge in [-0.3, -0.25) is 0 Å². The van der Waals surface area contributed by atoms with E-state index in [2.05, 4.69) is 31.4 Å². The maximum atomic E-state index is 14.1. The highest BCUT2D eigenvalue weighted by atomic mass is 28.3. The van der Waals surface area contributed by atoms with E-state index in [9.17, 15) is 9.90 Å². The molecule has 3 aromatic carbocycles. The predicted molar refractivity (Wildman–Crippen MR) is 168 cm³/mol. The summed E-state index contributed by atoms with van der Waals surface area (Å²) in [5.74, 6) is 0.176. The number of benzene rings is 3. The Morgan fingerprint density at radius 1 is 0.951 bits per heavy atom. The number of aliphatic hydroxyl groups is 1. The average molecular weight is 567 g/mol. The van der Waals surface area contributed by atoms with Crippen molar-refractivity contribution in [2.24, 2.45) is 5.92 Å². The monoisotopic (exact) mass is 566 g/mol. The Kier molecular flexibility index (Phi) is 8.84. The first-order chi connectivity index (χ1) is 19.7. The van der Waals surface area contributed by atoms with Crippen LogP contribution in [0.15, 0.2) is 108 Å². The quantitative estimate of drug-likeness (QED) is 0.207. The fourth-order valence-corrected chi connectivity index (χ4v) is 7.01. The molecule has 41 heavy (non-hydrogen) atoms. The minimum Gasteiger partial charge on any atom is -0.512 e. The Morgan fingerprint density at radius 2 is 1.63 bits per heavy atom. The van der Waals surface area contributed by atoms with Crippen LogP contribution in [0.5, 0.6) is 5.75 Å². The van der Waals surface area contributed by atoms with E-state index in [1.807, 2.05) is 84.9 Å². The number of esters is 1. The summed E-state index contributed by atoms with van der Waals surface area (Å²) in [5.41, 5.74) is 4.68. The van der Waals surface area contributed by atoms with Gasteiger partial charge in [0.2, 0.25) is 0 Å². The summed E-state index contributed by atoms with van der Waals surface area (Å²) in [7, 11) is -1.61. The summed E-state index contributed by atoms with van der Waals surface area (Å²) in [6.45, 7) is 7.24. The summed E-state index contributed by atoms with van der Waals surface area (Å²) >= 11 is 0. The van der Waals surface area contributed by atoms with E-state index >= 15 is 0 Å². The van der Waals surface area contributed by atoms with E-state index in [1.165, 1.54) is 6.42 Å². The van der Waals surface area contributed by atoms with E-state index < -0.39 is 25.6 Å². The molecule has 1 aliphatic heterocycles. The van der Waals surface area contributed by atoms with Crippen molar-refractivity contribution in [1.29, 1.82) is 0 Å². The Labute approximate surface area is 245 Å². The second-order valence-electron chi connectivity index (χ2n) is 12.6. The first-order valence-electron chi connectivity index (χ1n) is 14.9. The van der Waals surface area contributed by atoms with Gasteiger partial charge < -0.3 is 14.6 Å². The molecule has 1 aliphatic carbocycles. The highest BCUT2D eigenvalue weighted by Gasteiger charge is 2.50. The van der Waals surface area contributed by atoms with Crippen LogP contribution in [0, 0.1) is 5.92 Å². The average Bonchev–Trinajstić information content (AvgIpc) is 2.98. The number of ether oxygens (including phenoxy) is 2. The van der Waals surface area contributed by atoms with Crippen molar-refractivity contribution in [3.63, 3.8) is 0 Å². The maximum absolute atomic E-state index is 14.1. The minimum atomic E-state index is -1.61. The lowest BCUT2D eigenvalue weighted by atomic mass is 9.69. The van der Waals surface area contributed by atoms with E-state index in [-0.39, 0.29) is 11.7 Å². The zero-order valence-electron chi connectivity index (χ0n) is 24.5. The molecule has 3 aromatic rings. The third-order valence-electron chi connectivity index (χ3n) is 8.33. The lowest BCUT2D eigenvalue weighted by Gasteiger charge is -2.45. The molecule has 0 amide bonds. The number of rotatable bonds is 9. The van der Waals surface area contributed by atoms with Crippen LogP contribution in [-0.2, 0) is 21.7 Å². The molecular weight excluding hydrogens is 524 g/mol. The lowest BCUT2D eigenvalue weighted by Crippen LogP contribution is -2.45. The molecule has 2 unspecified atom stereocenters. The van der Waals surface area contributed by atoms with Gasteiger partial charge in [0, 0.05) is 11.8 Å². The Morgan fingerprint density at radius 3 is 2.29 bits per heavy atom. The molecule has 1 heterocycles. The Balaban J connectivity index is 1.52. The molecule has 0 spiro atoms. The standard InChI is InChI=1S/C36H42O4Si/c1-41(2,3)23-22-32(28-16-13-21-31(24-28)39-26-27-14-7-4-8-15-27)34-33(37)25-36(40-35(34)38,29-17-9-5-10-18-29)30-19-11-6-12-20-30/h4-5,7-10,13-18,21-24,30,32,37H,6,11-12,19-20,25-26H2,1-3H3/b23-22+. The van der Waals surface area contributed by atoms with E-state index in [1.54, 1.807) is 0 Å². The number of cyclic esters (lactones) is 1. The van der Waals surface area contributed by atoms with Crippen LogP contribution in [-0.4, -0.2) is 19.1 Å². The van der Waals surface area contributed by atoms with Crippen molar-refractivity contribution < 1.29 is 19.4 Å². The van der Waals surface area contributed by atoms with Crippen molar-refractivity contribution >= 4 is 14.0 Å². The van der Waals surface area contributed by atoms with E-state index in [4.69, 9.17) is 9.47 Å². The molecule has 0 aromatic heterocycles. The third kappa shape index (κ3) is 6.84. The number of aliphatic hydroxyl groups excluding tert-OH is 1. The fourth-order valence-electron chi connectivity index (χ4n) is 6.24. The first-order valence-corrected chi connectivity index (χ1v) is 18.5. The zero-order chi connectivity index (χ0) is 28.9. The molecule has 0 bridgehead atoms. The molecule has 5 rings (SSSR count). The first kappa shape index (κ1) is 28.9. The molecule has 1 N–H and O–H groups in total. The second-order valence-corrected chi connectivity index (χ2v) is 17.6. The van der Waals surface area contributed by atoms with E-state index in [0.29, 0.717) is 18.6 Å². The van der Waals surface area contributed by atoms with Crippen LogP contribution >= 0.6 is 0 Å². The molecule has 214 valence electrons. The second kappa shape index (κ2) is 12.5. The molecule has 1 fully saturated rings. The molecular formula is C36H42O4Si. The van der Waals surface area contributed by atoms with Crippen molar-refractivity contribution in [2.75, 3.05) is 0 Å². The summed E-state index contributed by atoms with van der Waals surface area (Å²) in [4.78, 5) is 14.1. The van der Waals surface area contributed by atoms with Crippen molar-refractivity contribution in [2.45, 2.75) is 76.3 Å². The van der Waals surface area contributed by atoms with Gasteiger partial charge in [0.05, 0.1) is 20.1 Å². The number of hydrogen-bond donors (Lipinski definition) is 1. The van der Waals surface area contributed by atoms with Crippen LogP contribution in [0.25, 0.3) is 0 Å². The van der Waals surface area contributed by atoms with Gasteiger partial charge in [-0.1, -0.05) is 123 Å². The smallest absolute Gasteiger partial charge is 0.339 e. The summed E-state index contributed by atoms with van der Waals surface area (Å²) in [6, 6.07) is 28.0. The van der Waals surface area contributed by atoms with Gasteiger partial charge in [0.15, 0.2) is 0 Å². The highest BCUT2D eigenvalue weighted by Crippen LogP contribution is 2.50. The predicted octanol–water partition coefficient (Wildman–Crippen LogP) is 9.02. The summed E-state index contributed by atoms with van der Waals surface area (Å²) < 4.78 is 12.7. The zero-order valence-corrected chi connectivity index (χ0v) is 25.5. The molecule has 2 atom stereocenters. The lowest BCUT2D eigenvalue weighted by molar-refractivity contribution is -0.171. The van der Waals surface area contributed by atoms with Crippen LogP contribution in [0.3, 0.4) is 0 Å². The SMILES string of the molecule is C[Si](C)(C)/C=C/C(C1=C(O)CC(c2ccccc2)(C2CCCCC2)OC1=O)c1cccc(OCc2ccccc2)c1. The van der Waals surface area contributed by atoms with Crippen molar-refractivity contribution in [3.8, 4) is 5.75 Å². The summed E-state index contributed by atoms with van der Waals surface area (Å²) in [6.07, 6.45) is 7.80. The number of carbonyl (C=O) groups is 1. The number of hydrogen-bond acceptors (Lipinski definition) is 4. The molecule has 5 heteroatoms. The Bertz CT molecular complexity index is 1380. The van der Waals surface area contributed by atoms with Crippen LogP contribution in [0.1, 0.15) is 61.1 Å². The number of allylic oxidation sites excluding steroid dienone is 1. The highest BCUT2D eigenvalue weighted by molar-refractivity contribution is 6.80. The largest absolute Gasteiger partial charge is 0.512 e. The van der Waals surface area contributed by atoms with Gasteiger partial charge in [0.1, 0.15) is 23.7 Å². The molecule has 2 aliphatic rings. The summed E-state index contributed by atoms with van der Waals surface area (Å²) in [5, 5.41) is 11.8. The molecule has 1 saturated carbocycles. The third-order valence-corrected chi connectivity index (χ3v) is 9.52. The van der Waals surface area contributed by atoms with Gasteiger partial charge in [-0.05, 0) is 41.7 Å². The number of carbonyl (C=O) groups excluding carboxylic acids is 1. The van der Waals surface area contributed by atoms with Gasteiger partial charge in [-0.25, -0.2) is 4.79 Å². The van der Waals surface area contributed by atoms with Crippen molar-refractivity contribution in [3.05, 3.63) is 125 Å². The minimum absolute atomic E-state index is 0.136. The maximum Gasteiger partial charge on any atom is 0.339 e. The van der Waals surface area contributed by atoms with Gasteiger partial charge >= 0.3 is 5.97 Å². The van der Waals surface area contributed by atoms with Gasteiger partial charge in [0.25, 0.3) is 0 Å². The van der Waals surface area contributed by atoms with E-state index in [0.717, 1.165) is 48.1 Å². The molecule has 4 nitrogen and oxygen atoms in total. The van der Waals surface area contributed by atoms with Gasteiger partial charge in [-0.2, -0.15) is 0 Å². The normalized spacial score (nSPS) is 21.1. The van der Waals surface area contributed by atoms with Crippen LogP contribution in [0.2, 0.25) is 19.6 Å². The Hall–Kier alpha value is -3.57. The molecule has 0 radical (unpaired) electrons. The van der Waals surface area contributed by atoms with Gasteiger partial charge in [-0.15, -0.1) is 0 Å². The van der Waals surface area contributed by atoms with Crippen molar-refractivity contribution in [1.82, 2.24) is 0 Å².